The SMILES string of the molecule is Cc1ccccc1CN1CCNCC1.O=C(O)/C=C/C(=O)O. The summed E-state index contributed by atoms with van der Waals surface area (Å²) in [6.07, 6.45) is 1.12. The molecule has 0 saturated carbocycles. The molecule has 6 nitrogen and oxygen atoms in total. The van der Waals surface area contributed by atoms with Crippen LogP contribution in [0.1, 0.15) is 11.1 Å². The minimum atomic E-state index is -1.26. The summed E-state index contributed by atoms with van der Waals surface area (Å²) in [5.41, 5.74) is 2.88. The summed E-state index contributed by atoms with van der Waals surface area (Å²) in [5, 5.41) is 19.0. The summed E-state index contributed by atoms with van der Waals surface area (Å²) in [6, 6.07) is 8.66. The van der Waals surface area contributed by atoms with Crippen molar-refractivity contribution in [3.63, 3.8) is 0 Å². The Morgan fingerprint density at radius 3 is 2.18 bits per heavy atom. The Labute approximate surface area is 130 Å². The molecule has 0 aromatic heterocycles. The lowest BCUT2D eigenvalue weighted by Gasteiger charge is -2.27. The Morgan fingerprint density at radius 2 is 1.68 bits per heavy atom. The third kappa shape index (κ3) is 7.56. The van der Waals surface area contributed by atoms with Crippen LogP contribution >= 0.6 is 0 Å². The van der Waals surface area contributed by atoms with E-state index >= 15 is 0 Å². The minimum Gasteiger partial charge on any atom is -0.478 e. The number of carbonyl (C=O) groups is 2. The van der Waals surface area contributed by atoms with Gasteiger partial charge in [-0.1, -0.05) is 24.3 Å². The Bertz CT molecular complexity index is 507. The van der Waals surface area contributed by atoms with Gasteiger partial charge in [0.2, 0.25) is 0 Å². The average molecular weight is 306 g/mol. The monoisotopic (exact) mass is 306 g/mol. The number of carboxylic acid groups (broad SMARTS) is 2. The molecule has 120 valence electrons. The van der Waals surface area contributed by atoms with E-state index in [2.05, 4.69) is 41.4 Å². The largest absolute Gasteiger partial charge is 0.478 e. The van der Waals surface area contributed by atoms with Crippen LogP contribution in [0.3, 0.4) is 0 Å². The molecule has 0 aliphatic carbocycles. The molecule has 2 rings (SSSR count). The summed E-state index contributed by atoms with van der Waals surface area (Å²) in [4.78, 5) is 21.6. The molecule has 1 saturated heterocycles. The van der Waals surface area contributed by atoms with Gasteiger partial charge in [-0.05, 0) is 18.1 Å². The molecule has 0 amide bonds. The molecule has 1 heterocycles. The number of benzene rings is 1. The van der Waals surface area contributed by atoms with Gasteiger partial charge < -0.3 is 15.5 Å². The first-order valence-electron chi connectivity index (χ1n) is 7.10. The van der Waals surface area contributed by atoms with Gasteiger partial charge in [-0.3, -0.25) is 4.90 Å². The normalized spacial score (nSPS) is 15.1. The second kappa shape index (κ2) is 9.70. The molecular weight excluding hydrogens is 284 g/mol. The molecule has 1 aliphatic heterocycles. The Hall–Kier alpha value is -2.18. The van der Waals surface area contributed by atoms with E-state index in [4.69, 9.17) is 10.2 Å². The fourth-order valence-electron chi connectivity index (χ4n) is 2.04. The van der Waals surface area contributed by atoms with Gasteiger partial charge in [-0.2, -0.15) is 0 Å². The molecule has 1 aromatic rings. The van der Waals surface area contributed by atoms with Crippen LogP contribution in [0.5, 0.6) is 0 Å². The van der Waals surface area contributed by atoms with E-state index in [0.717, 1.165) is 19.6 Å². The van der Waals surface area contributed by atoms with Gasteiger partial charge in [-0.25, -0.2) is 9.59 Å². The van der Waals surface area contributed by atoms with Crippen molar-refractivity contribution in [2.24, 2.45) is 0 Å². The zero-order valence-electron chi connectivity index (χ0n) is 12.7. The van der Waals surface area contributed by atoms with E-state index < -0.39 is 11.9 Å². The first-order chi connectivity index (χ1) is 10.5. The number of aryl methyl sites for hydroxylation is 1. The van der Waals surface area contributed by atoms with Crippen LogP contribution in [0.15, 0.2) is 36.4 Å². The first-order valence-corrected chi connectivity index (χ1v) is 7.10. The lowest BCUT2D eigenvalue weighted by Crippen LogP contribution is -2.42. The third-order valence-corrected chi connectivity index (χ3v) is 3.23. The number of rotatable bonds is 4. The molecule has 22 heavy (non-hydrogen) atoms. The first kappa shape index (κ1) is 17.9. The van der Waals surface area contributed by atoms with E-state index in [0.29, 0.717) is 12.2 Å². The van der Waals surface area contributed by atoms with Gasteiger partial charge in [0.05, 0.1) is 0 Å². The summed E-state index contributed by atoms with van der Waals surface area (Å²) in [7, 11) is 0. The maximum absolute atomic E-state index is 9.55. The van der Waals surface area contributed by atoms with E-state index in [1.807, 2.05) is 0 Å². The van der Waals surface area contributed by atoms with E-state index in [1.54, 1.807) is 0 Å². The van der Waals surface area contributed by atoms with Crippen LogP contribution in [0.25, 0.3) is 0 Å². The van der Waals surface area contributed by atoms with Crippen LogP contribution in [-0.4, -0.2) is 53.2 Å². The van der Waals surface area contributed by atoms with Gasteiger partial charge in [-0.15, -0.1) is 0 Å². The van der Waals surface area contributed by atoms with Crippen molar-refractivity contribution in [1.29, 1.82) is 0 Å². The summed E-state index contributed by atoms with van der Waals surface area (Å²) in [5.74, 6) is -2.51. The molecule has 0 atom stereocenters. The highest BCUT2D eigenvalue weighted by molar-refractivity contribution is 5.89. The van der Waals surface area contributed by atoms with Crippen LogP contribution < -0.4 is 5.32 Å². The van der Waals surface area contributed by atoms with Crippen molar-refractivity contribution in [3.05, 3.63) is 47.5 Å². The van der Waals surface area contributed by atoms with Crippen molar-refractivity contribution >= 4 is 11.9 Å². The molecule has 6 heteroatoms. The number of nitrogens with zero attached hydrogens (tertiary/aromatic N) is 1. The number of nitrogens with one attached hydrogen (secondary N) is 1. The molecule has 1 fully saturated rings. The van der Waals surface area contributed by atoms with Crippen LogP contribution in [-0.2, 0) is 16.1 Å². The predicted octanol–water partition coefficient (Wildman–Crippen LogP) is 1.11. The van der Waals surface area contributed by atoms with Gasteiger partial charge in [0, 0.05) is 44.9 Å². The van der Waals surface area contributed by atoms with Crippen LogP contribution in [0, 0.1) is 6.92 Å². The Kier molecular flexibility index (Phi) is 7.88. The molecule has 0 unspecified atom stereocenters. The van der Waals surface area contributed by atoms with E-state index in [9.17, 15) is 9.59 Å². The lowest BCUT2D eigenvalue weighted by molar-refractivity contribution is -0.134. The zero-order valence-corrected chi connectivity index (χ0v) is 12.7. The second-order valence-electron chi connectivity index (χ2n) is 4.96. The van der Waals surface area contributed by atoms with Crippen molar-refractivity contribution in [2.75, 3.05) is 26.2 Å². The highest BCUT2D eigenvalue weighted by Crippen LogP contribution is 2.10. The number of hydrogen-bond donors (Lipinski definition) is 3. The van der Waals surface area contributed by atoms with E-state index in [-0.39, 0.29) is 0 Å². The smallest absolute Gasteiger partial charge is 0.328 e. The maximum atomic E-state index is 9.55. The average Bonchev–Trinajstić information content (AvgIpc) is 2.49. The van der Waals surface area contributed by atoms with E-state index in [1.165, 1.54) is 24.2 Å². The van der Waals surface area contributed by atoms with Crippen molar-refractivity contribution < 1.29 is 19.8 Å². The van der Waals surface area contributed by atoms with Crippen LogP contribution in [0.2, 0.25) is 0 Å². The molecule has 0 bridgehead atoms. The molecule has 0 radical (unpaired) electrons. The molecular formula is C16H22N2O4. The van der Waals surface area contributed by atoms with Gasteiger partial charge in [0.25, 0.3) is 0 Å². The highest BCUT2D eigenvalue weighted by atomic mass is 16.4. The number of hydrogen-bond acceptors (Lipinski definition) is 4. The van der Waals surface area contributed by atoms with Gasteiger partial charge >= 0.3 is 11.9 Å². The molecule has 0 spiro atoms. The lowest BCUT2D eigenvalue weighted by atomic mass is 10.1. The molecule has 3 N–H and O–H groups in total. The third-order valence-electron chi connectivity index (χ3n) is 3.23. The van der Waals surface area contributed by atoms with Crippen LogP contribution in [0.4, 0.5) is 0 Å². The van der Waals surface area contributed by atoms with Crippen molar-refractivity contribution in [2.45, 2.75) is 13.5 Å². The van der Waals surface area contributed by atoms with Gasteiger partial charge in [0.1, 0.15) is 0 Å². The van der Waals surface area contributed by atoms with Gasteiger partial charge in [0.15, 0.2) is 0 Å². The quantitative estimate of drug-likeness (QED) is 0.722. The second-order valence-corrected chi connectivity index (χ2v) is 4.96. The predicted molar refractivity (Wildman–Crippen MR) is 83.7 cm³/mol. The highest BCUT2D eigenvalue weighted by Gasteiger charge is 2.10. The maximum Gasteiger partial charge on any atom is 0.328 e. The molecule has 1 aromatic carbocycles. The summed E-state index contributed by atoms with van der Waals surface area (Å²) >= 11 is 0. The number of aliphatic carboxylic acids is 2. The fraction of sp³-hybridized carbons (Fsp3) is 0.375. The van der Waals surface area contributed by atoms with Crippen molar-refractivity contribution in [1.82, 2.24) is 10.2 Å². The number of carboxylic acids is 2. The summed E-state index contributed by atoms with van der Waals surface area (Å²) < 4.78 is 0. The Balaban J connectivity index is 0.000000261. The van der Waals surface area contributed by atoms with Crippen molar-refractivity contribution in [3.8, 4) is 0 Å². The topological polar surface area (TPSA) is 89.9 Å². The fourth-order valence-corrected chi connectivity index (χ4v) is 2.04. The Morgan fingerprint density at radius 1 is 1.14 bits per heavy atom. The minimum absolute atomic E-state index is 0.558. The summed E-state index contributed by atoms with van der Waals surface area (Å²) in [6.45, 7) is 7.91. The standard InChI is InChI=1S/C12H18N2.C4H4O4/c1-11-4-2-3-5-12(11)10-14-8-6-13-7-9-14;5-3(6)1-2-4(7)8/h2-5,13H,6-10H2,1H3;1-2H,(H,5,6)(H,7,8)/b;2-1+. The molecule has 1 aliphatic rings. The zero-order chi connectivity index (χ0) is 16.4. The number of piperazine rings is 1.